The molecule has 0 saturated carbocycles. The van der Waals surface area contributed by atoms with Crippen molar-refractivity contribution in [3.8, 4) is 0 Å². The molecular formula is C7H13N3O4. The van der Waals surface area contributed by atoms with Gasteiger partial charge in [-0.05, 0) is 6.92 Å². The first-order chi connectivity index (χ1) is 6.58. The van der Waals surface area contributed by atoms with Gasteiger partial charge < -0.3 is 16.2 Å². The number of rotatable bonds is 3. The van der Waals surface area contributed by atoms with Gasteiger partial charge in [-0.25, -0.2) is 4.79 Å². The van der Waals surface area contributed by atoms with Crippen LogP contribution >= 0.6 is 0 Å². The molecule has 0 atom stereocenters. The Balaban J connectivity index is 4.63. The fourth-order valence-electron chi connectivity index (χ4n) is 0.713. The molecule has 0 unspecified atom stereocenters. The Labute approximate surface area is 81.0 Å². The van der Waals surface area contributed by atoms with Crippen molar-refractivity contribution in [3.05, 3.63) is 0 Å². The van der Waals surface area contributed by atoms with Gasteiger partial charge in [0, 0.05) is 0 Å². The van der Waals surface area contributed by atoms with E-state index in [9.17, 15) is 14.4 Å². The number of ether oxygens (including phenoxy) is 1. The summed E-state index contributed by atoms with van der Waals surface area (Å²) in [5.74, 6) is -1.67. The molecule has 4 N–H and O–H groups in total. The topological polar surface area (TPSA) is 116 Å². The SMILES string of the molecule is CCOC(=O)N(C(=O)CN)C(=O)CN. The first kappa shape index (κ1) is 12.5. The summed E-state index contributed by atoms with van der Waals surface area (Å²) in [5, 5.41) is 0. The lowest BCUT2D eigenvalue weighted by atomic mass is 10.4. The van der Waals surface area contributed by atoms with Crippen LogP contribution in [0.2, 0.25) is 0 Å². The van der Waals surface area contributed by atoms with Gasteiger partial charge in [-0.3, -0.25) is 9.59 Å². The summed E-state index contributed by atoms with van der Waals surface area (Å²) in [6, 6.07) is 0. The summed E-state index contributed by atoms with van der Waals surface area (Å²) < 4.78 is 4.48. The highest BCUT2D eigenvalue weighted by Gasteiger charge is 2.27. The van der Waals surface area contributed by atoms with Crippen molar-refractivity contribution < 1.29 is 19.1 Å². The molecule has 0 aromatic rings. The van der Waals surface area contributed by atoms with E-state index in [0.29, 0.717) is 4.90 Å². The van der Waals surface area contributed by atoms with Gasteiger partial charge in [0.1, 0.15) is 0 Å². The van der Waals surface area contributed by atoms with Crippen molar-refractivity contribution in [2.24, 2.45) is 11.5 Å². The zero-order valence-corrected chi connectivity index (χ0v) is 7.86. The predicted octanol–water partition coefficient (Wildman–Crippen LogP) is -1.58. The average Bonchev–Trinajstić information content (AvgIpc) is 2.17. The van der Waals surface area contributed by atoms with Crippen molar-refractivity contribution in [2.75, 3.05) is 19.7 Å². The van der Waals surface area contributed by atoms with Crippen LogP contribution in [-0.2, 0) is 14.3 Å². The third-order valence-corrected chi connectivity index (χ3v) is 1.30. The van der Waals surface area contributed by atoms with Crippen LogP contribution in [-0.4, -0.2) is 42.5 Å². The molecule has 0 fully saturated rings. The maximum atomic E-state index is 11.1. The van der Waals surface area contributed by atoms with E-state index in [2.05, 4.69) is 4.74 Å². The zero-order chi connectivity index (χ0) is 11.1. The third-order valence-electron chi connectivity index (χ3n) is 1.30. The second kappa shape index (κ2) is 6.06. The van der Waals surface area contributed by atoms with Crippen LogP contribution in [0.15, 0.2) is 0 Å². The van der Waals surface area contributed by atoms with Gasteiger partial charge in [-0.2, -0.15) is 4.90 Å². The Morgan fingerprint density at radius 2 is 1.57 bits per heavy atom. The lowest BCUT2D eigenvalue weighted by Crippen LogP contribution is -2.47. The first-order valence-electron chi connectivity index (χ1n) is 4.01. The number of hydrogen-bond acceptors (Lipinski definition) is 6. The number of carbonyl (C=O) groups is 3. The molecule has 0 spiro atoms. The van der Waals surface area contributed by atoms with Gasteiger partial charge in [0.25, 0.3) is 11.8 Å². The molecule has 14 heavy (non-hydrogen) atoms. The number of hydrogen-bond donors (Lipinski definition) is 2. The molecule has 0 aliphatic heterocycles. The summed E-state index contributed by atoms with van der Waals surface area (Å²) in [7, 11) is 0. The zero-order valence-electron chi connectivity index (χ0n) is 7.86. The average molecular weight is 203 g/mol. The van der Waals surface area contributed by atoms with Gasteiger partial charge in [0.15, 0.2) is 0 Å². The molecule has 0 aromatic carbocycles. The largest absolute Gasteiger partial charge is 0.449 e. The van der Waals surface area contributed by atoms with Crippen molar-refractivity contribution in [1.82, 2.24) is 4.90 Å². The van der Waals surface area contributed by atoms with E-state index in [-0.39, 0.29) is 6.61 Å². The smallest absolute Gasteiger partial charge is 0.423 e. The molecule has 0 bridgehead atoms. The monoisotopic (exact) mass is 203 g/mol. The Bertz CT molecular complexity index is 225. The van der Waals surface area contributed by atoms with Crippen LogP contribution < -0.4 is 11.5 Å². The number of amides is 3. The normalized spacial score (nSPS) is 9.36. The standard InChI is InChI=1S/C7H13N3O4/c1-2-14-7(13)10(5(11)3-8)6(12)4-9/h2-4,8-9H2,1H3. The Kier molecular flexibility index (Phi) is 5.42. The second-order valence-corrected chi connectivity index (χ2v) is 2.23. The third kappa shape index (κ3) is 3.11. The fraction of sp³-hybridized carbons (Fsp3) is 0.571. The maximum absolute atomic E-state index is 11.1. The quantitative estimate of drug-likeness (QED) is 0.571. The molecular weight excluding hydrogens is 190 g/mol. The lowest BCUT2D eigenvalue weighted by molar-refractivity contribution is -0.140. The molecule has 7 heteroatoms. The maximum Gasteiger partial charge on any atom is 0.423 e. The van der Waals surface area contributed by atoms with E-state index in [1.54, 1.807) is 6.92 Å². The van der Waals surface area contributed by atoms with Gasteiger partial charge in [-0.1, -0.05) is 0 Å². The molecule has 0 aliphatic rings. The lowest BCUT2D eigenvalue weighted by Gasteiger charge is -2.16. The number of carbonyl (C=O) groups excluding carboxylic acids is 3. The summed E-state index contributed by atoms with van der Waals surface area (Å²) in [4.78, 5) is 33.5. The highest BCUT2D eigenvalue weighted by molar-refractivity contribution is 6.09. The highest BCUT2D eigenvalue weighted by Crippen LogP contribution is 1.95. The van der Waals surface area contributed by atoms with Crippen molar-refractivity contribution >= 4 is 17.9 Å². The van der Waals surface area contributed by atoms with Gasteiger partial charge in [-0.15, -0.1) is 0 Å². The van der Waals surface area contributed by atoms with Crippen LogP contribution in [0.1, 0.15) is 6.92 Å². The number of nitrogens with two attached hydrogens (primary N) is 2. The van der Waals surface area contributed by atoms with Gasteiger partial charge in [0.2, 0.25) is 0 Å². The minimum atomic E-state index is -1.04. The molecule has 3 amide bonds. The van der Waals surface area contributed by atoms with E-state index in [4.69, 9.17) is 11.5 Å². The summed E-state index contributed by atoms with van der Waals surface area (Å²) in [6.45, 7) is 0.704. The van der Waals surface area contributed by atoms with Crippen molar-refractivity contribution in [1.29, 1.82) is 0 Å². The number of imide groups is 3. The van der Waals surface area contributed by atoms with Gasteiger partial charge >= 0.3 is 6.09 Å². The highest BCUT2D eigenvalue weighted by atomic mass is 16.6. The minimum absolute atomic E-state index is 0.0606. The molecule has 80 valence electrons. The molecule has 0 aromatic heterocycles. The summed E-state index contributed by atoms with van der Waals surface area (Å²) in [5.41, 5.74) is 10.0. The van der Waals surface area contributed by atoms with Crippen LogP contribution in [0.4, 0.5) is 4.79 Å². The van der Waals surface area contributed by atoms with E-state index < -0.39 is 31.0 Å². The van der Waals surface area contributed by atoms with E-state index in [1.807, 2.05) is 0 Å². The summed E-state index contributed by atoms with van der Waals surface area (Å²) in [6.07, 6.45) is -1.04. The predicted molar refractivity (Wildman–Crippen MR) is 47.0 cm³/mol. The van der Waals surface area contributed by atoms with Crippen molar-refractivity contribution in [2.45, 2.75) is 6.92 Å². The van der Waals surface area contributed by atoms with Crippen LogP contribution in [0, 0.1) is 0 Å². The summed E-state index contributed by atoms with van der Waals surface area (Å²) >= 11 is 0. The molecule has 0 radical (unpaired) electrons. The van der Waals surface area contributed by atoms with Crippen molar-refractivity contribution in [3.63, 3.8) is 0 Å². The Hall–Kier alpha value is -1.47. The molecule has 0 aliphatic carbocycles. The van der Waals surface area contributed by atoms with E-state index in [1.165, 1.54) is 0 Å². The minimum Gasteiger partial charge on any atom is -0.449 e. The van der Waals surface area contributed by atoms with Crippen LogP contribution in [0.5, 0.6) is 0 Å². The molecule has 0 rings (SSSR count). The Morgan fingerprint density at radius 3 is 1.86 bits per heavy atom. The van der Waals surface area contributed by atoms with Gasteiger partial charge in [0.05, 0.1) is 19.7 Å². The Morgan fingerprint density at radius 1 is 1.14 bits per heavy atom. The molecule has 7 nitrogen and oxygen atoms in total. The van der Waals surface area contributed by atoms with E-state index >= 15 is 0 Å². The second-order valence-electron chi connectivity index (χ2n) is 2.23. The molecule has 0 saturated heterocycles. The first-order valence-corrected chi connectivity index (χ1v) is 4.01. The van der Waals surface area contributed by atoms with Crippen LogP contribution in [0.25, 0.3) is 0 Å². The van der Waals surface area contributed by atoms with E-state index in [0.717, 1.165) is 0 Å². The number of nitrogens with zero attached hydrogens (tertiary/aromatic N) is 1. The molecule has 0 heterocycles. The van der Waals surface area contributed by atoms with Crippen LogP contribution in [0.3, 0.4) is 0 Å². The fourth-order valence-corrected chi connectivity index (χ4v) is 0.713.